The second kappa shape index (κ2) is 11.3. The van der Waals surface area contributed by atoms with Crippen molar-refractivity contribution in [1.29, 1.82) is 0 Å². The van der Waals surface area contributed by atoms with Gasteiger partial charge in [0.25, 0.3) is 0 Å². The molecule has 0 radical (unpaired) electrons. The molecule has 0 bridgehead atoms. The number of halogens is 6. The van der Waals surface area contributed by atoms with E-state index < -0.39 is 23.5 Å². The van der Waals surface area contributed by atoms with E-state index in [4.69, 9.17) is 0 Å². The van der Waals surface area contributed by atoms with E-state index in [9.17, 15) is 26.3 Å². The molecule has 0 amide bonds. The van der Waals surface area contributed by atoms with Gasteiger partial charge in [-0.2, -0.15) is 26.3 Å². The molecule has 5 aromatic rings. The van der Waals surface area contributed by atoms with Crippen LogP contribution >= 0.6 is 0 Å². The van der Waals surface area contributed by atoms with Crippen LogP contribution in [0.25, 0.3) is 0 Å². The van der Waals surface area contributed by atoms with E-state index in [-0.39, 0.29) is 0 Å². The lowest BCUT2D eigenvalue weighted by Crippen LogP contribution is -2.13. The van der Waals surface area contributed by atoms with E-state index in [2.05, 4.69) is 0 Å². The lowest BCUT2D eigenvalue weighted by molar-refractivity contribution is -0.138. The standard InChI is InChI=1S/C34H26F6N2/c1-23-3-11-27(12-4-23)41(29-15-7-25(8-16-29)33(35,36)37)31-19-21-32(22-20-31)42(28-13-5-24(2)6-14-28)30-17-9-26(10-18-30)34(38,39)40/h3-22H,1-2H3. The van der Waals surface area contributed by atoms with E-state index in [0.717, 1.165) is 46.8 Å². The van der Waals surface area contributed by atoms with Crippen molar-refractivity contribution in [3.05, 3.63) is 144 Å². The first-order valence-electron chi connectivity index (χ1n) is 13.1. The van der Waals surface area contributed by atoms with Gasteiger partial charge in [0, 0.05) is 34.1 Å². The summed E-state index contributed by atoms with van der Waals surface area (Å²) < 4.78 is 79.4. The summed E-state index contributed by atoms with van der Waals surface area (Å²) in [5, 5.41) is 0. The summed E-state index contributed by atoms with van der Waals surface area (Å²) in [6.45, 7) is 3.89. The van der Waals surface area contributed by atoms with Crippen molar-refractivity contribution in [2.24, 2.45) is 0 Å². The van der Waals surface area contributed by atoms with E-state index >= 15 is 0 Å². The fourth-order valence-corrected chi connectivity index (χ4v) is 4.63. The van der Waals surface area contributed by atoms with Crippen LogP contribution in [0.3, 0.4) is 0 Å². The number of benzene rings is 5. The van der Waals surface area contributed by atoms with Crippen LogP contribution in [0.1, 0.15) is 22.3 Å². The highest BCUT2D eigenvalue weighted by Gasteiger charge is 2.31. The molecule has 0 N–H and O–H groups in total. The van der Waals surface area contributed by atoms with Gasteiger partial charge in [-0.3, -0.25) is 0 Å². The van der Waals surface area contributed by atoms with Gasteiger partial charge in [-0.15, -0.1) is 0 Å². The van der Waals surface area contributed by atoms with Gasteiger partial charge in [-0.1, -0.05) is 35.4 Å². The summed E-state index contributed by atoms with van der Waals surface area (Å²) in [7, 11) is 0. The highest BCUT2D eigenvalue weighted by Crippen LogP contribution is 2.41. The van der Waals surface area contributed by atoms with Crippen molar-refractivity contribution in [3.8, 4) is 0 Å². The molecule has 2 nitrogen and oxygen atoms in total. The third-order valence-electron chi connectivity index (χ3n) is 6.86. The summed E-state index contributed by atoms with van der Waals surface area (Å²) in [6, 6.07) is 32.5. The Morgan fingerprint density at radius 3 is 0.738 bits per heavy atom. The zero-order valence-electron chi connectivity index (χ0n) is 22.7. The van der Waals surface area contributed by atoms with Gasteiger partial charge in [0.05, 0.1) is 11.1 Å². The minimum atomic E-state index is -4.45. The smallest absolute Gasteiger partial charge is 0.311 e. The molecular weight excluding hydrogens is 550 g/mol. The molecule has 42 heavy (non-hydrogen) atoms. The molecule has 0 saturated heterocycles. The Kier molecular flexibility index (Phi) is 7.73. The van der Waals surface area contributed by atoms with Crippen molar-refractivity contribution in [2.75, 3.05) is 9.80 Å². The Labute approximate surface area is 240 Å². The number of hydrogen-bond acceptors (Lipinski definition) is 2. The maximum Gasteiger partial charge on any atom is 0.416 e. The molecule has 0 aromatic heterocycles. The Morgan fingerprint density at radius 2 is 0.524 bits per heavy atom. The van der Waals surface area contributed by atoms with Gasteiger partial charge in [-0.05, 0) is 111 Å². The van der Waals surface area contributed by atoms with Crippen molar-refractivity contribution < 1.29 is 26.3 Å². The quantitative estimate of drug-likeness (QED) is 0.186. The molecule has 0 heterocycles. The summed E-state index contributed by atoms with van der Waals surface area (Å²) >= 11 is 0. The van der Waals surface area contributed by atoms with Crippen molar-refractivity contribution in [3.63, 3.8) is 0 Å². The molecule has 0 spiro atoms. The predicted molar refractivity (Wildman–Crippen MR) is 155 cm³/mol. The number of anilines is 6. The van der Waals surface area contributed by atoms with Crippen LogP contribution < -0.4 is 9.80 Å². The lowest BCUT2D eigenvalue weighted by Gasteiger charge is -2.28. The van der Waals surface area contributed by atoms with E-state index in [1.54, 1.807) is 0 Å². The Bertz CT molecular complexity index is 1500. The summed E-state index contributed by atoms with van der Waals surface area (Å²) in [5.41, 5.74) is 4.56. The number of hydrogen-bond donors (Lipinski definition) is 0. The monoisotopic (exact) mass is 576 g/mol. The van der Waals surface area contributed by atoms with Crippen molar-refractivity contribution in [1.82, 2.24) is 0 Å². The van der Waals surface area contributed by atoms with Crippen molar-refractivity contribution >= 4 is 34.1 Å². The van der Waals surface area contributed by atoms with Crippen LogP contribution in [0.15, 0.2) is 121 Å². The van der Waals surface area contributed by atoms with Crippen LogP contribution in [0.2, 0.25) is 0 Å². The minimum Gasteiger partial charge on any atom is -0.311 e. The number of rotatable bonds is 6. The zero-order valence-corrected chi connectivity index (χ0v) is 22.7. The normalized spacial score (nSPS) is 11.8. The van der Waals surface area contributed by atoms with Gasteiger partial charge in [0.1, 0.15) is 0 Å². The second-order valence-electron chi connectivity index (χ2n) is 9.95. The van der Waals surface area contributed by atoms with Gasteiger partial charge in [0.2, 0.25) is 0 Å². The van der Waals surface area contributed by atoms with Gasteiger partial charge >= 0.3 is 12.4 Å². The number of alkyl halides is 6. The van der Waals surface area contributed by atoms with Crippen LogP contribution in [0, 0.1) is 13.8 Å². The van der Waals surface area contributed by atoms with Gasteiger partial charge in [0.15, 0.2) is 0 Å². The first-order chi connectivity index (χ1) is 19.9. The number of nitrogens with zero attached hydrogens (tertiary/aromatic N) is 2. The molecule has 0 saturated carbocycles. The number of aryl methyl sites for hydroxylation is 2. The van der Waals surface area contributed by atoms with Gasteiger partial charge in [-0.25, -0.2) is 0 Å². The van der Waals surface area contributed by atoms with E-state index in [0.29, 0.717) is 22.7 Å². The van der Waals surface area contributed by atoms with Crippen LogP contribution in [0.5, 0.6) is 0 Å². The maximum atomic E-state index is 13.2. The minimum absolute atomic E-state index is 0.540. The summed E-state index contributed by atoms with van der Waals surface area (Å²) in [6.07, 6.45) is -8.90. The van der Waals surface area contributed by atoms with E-state index in [1.165, 1.54) is 24.3 Å². The summed E-state index contributed by atoms with van der Waals surface area (Å²) in [5.74, 6) is 0. The second-order valence-corrected chi connectivity index (χ2v) is 9.95. The fraction of sp³-hybridized carbons (Fsp3) is 0.118. The van der Waals surface area contributed by atoms with E-state index in [1.807, 2.05) is 96.4 Å². The molecule has 214 valence electrons. The molecule has 0 unspecified atom stereocenters. The van der Waals surface area contributed by atoms with Gasteiger partial charge < -0.3 is 9.80 Å². The Balaban J connectivity index is 1.57. The SMILES string of the molecule is Cc1ccc(N(c2ccc(N(c3ccc(C)cc3)c3ccc(C(F)(F)F)cc3)cc2)c2ccc(C(F)(F)F)cc2)cc1. The largest absolute Gasteiger partial charge is 0.416 e. The summed E-state index contributed by atoms with van der Waals surface area (Å²) in [4.78, 5) is 3.69. The first-order valence-corrected chi connectivity index (χ1v) is 13.1. The first kappa shape index (κ1) is 28.8. The highest BCUT2D eigenvalue weighted by atomic mass is 19.4. The van der Waals surface area contributed by atoms with Crippen LogP contribution in [-0.4, -0.2) is 0 Å². The topological polar surface area (TPSA) is 6.48 Å². The zero-order chi connectivity index (χ0) is 30.1. The molecule has 0 aliphatic rings. The molecule has 0 fully saturated rings. The molecule has 8 heteroatoms. The molecule has 0 aliphatic carbocycles. The Hall–Kier alpha value is -4.72. The third-order valence-corrected chi connectivity index (χ3v) is 6.86. The highest BCUT2D eigenvalue weighted by molar-refractivity contribution is 5.81. The van der Waals surface area contributed by atoms with Crippen molar-refractivity contribution in [2.45, 2.75) is 26.2 Å². The lowest BCUT2D eigenvalue weighted by atomic mass is 10.1. The average molecular weight is 577 g/mol. The van der Waals surface area contributed by atoms with Crippen LogP contribution in [0.4, 0.5) is 60.5 Å². The molecule has 5 aromatic carbocycles. The molecular formula is C34H26F6N2. The third kappa shape index (κ3) is 6.28. The predicted octanol–water partition coefficient (Wildman–Crippen LogP) is 11.3. The fourth-order valence-electron chi connectivity index (χ4n) is 4.63. The average Bonchev–Trinajstić information content (AvgIpc) is 2.96. The molecule has 0 atom stereocenters. The maximum absolute atomic E-state index is 13.2. The van der Waals surface area contributed by atoms with Crippen LogP contribution in [-0.2, 0) is 12.4 Å². The molecule has 0 aliphatic heterocycles. The Morgan fingerprint density at radius 1 is 0.333 bits per heavy atom. The molecule has 5 rings (SSSR count).